The number of aliphatic carboxylic acids is 1. The van der Waals surface area contributed by atoms with Crippen molar-refractivity contribution in [2.75, 3.05) is 27.8 Å². The molecule has 0 radical (unpaired) electrons. The molecule has 3 rings (SSSR count). The fraction of sp³-hybridized carbons (Fsp3) is 0.316. The van der Waals surface area contributed by atoms with Crippen LogP contribution in [0.25, 0.3) is 10.9 Å². The first-order chi connectivity index (χ1) is 20.5. The Morgan fingerprint density at radius 1 is 0.705 bits per heavy atom. The Hall–Kier alpha value is -4.76. The van der Waals surface area contributed by atoms with Crippen molar-refractivity contribution in [3.05, 3.63) is 120 Å². The van der Waals surface area contributed by atoms with Gasteiger partial charge in [0.2, 0.25) is 0 Å². The molecule has 0 amide bonds. The molecule has 0 saturated heterocycles. The summed E-state index contributed by atoms with van der Waals surface area (Å²) in [5.41, 5.74) is 7.49. The van der Waals surface area contributed by atoms with E-state index < -0.39 is 5.97 Å². The van der Waals surface area contributed by atoms with Crippen molar-refractivity contribution in [2.24, 2.45) is 10.8 Å². The highest BCUT2D eigenvalue weighted by molar-refractivity contribution is 5.94. The van der Waals surface area contributed by atoms with Gasteiger partial charge in [-0.2, -0.15) is 0 Å². The van der Waals surface area contributed by atoms with Crippen LogP contribution >= 0.6 is 0 Å². The monoisotopic (exact) mass is 590 g/mol. The van der Waals surface area contributed by atoms with Crippen molar-refractivity contribution in [3.8, 4) is 0 Å². The molecule has 0 aliphatic carbocycles. The van der Waals surface area contributed by atoms with Crippen LogP contribution in [0.2, 0.25) is 0 Å². The number of benzene rings is 3. The van der Waals surface area contributed by atoms with Gasteiger partial charge in [-0.25, -0.2) is 4.85 Å². The lowest BCUT2D eigenvalue weighted by Gasteiger charge is -2.33. The highest BCUT2D eigenvalue weighted by Crippen LogP contribution is 2.38. The predicted octanol–water partition coefficient (Wildman–Crippen LogP) is 10.3. The molecule has 3 aromatic carbocycles. The maximum atomic E-state index is 11.4. The van der Waals surface area contributed by atoms with E-state index in [1.165, 1.54) is 6.08 Å². The Bertz CT molecular complexity index is 1470. The molecule has 0 unspecified atom stereocenters. The zero-order valence-corrected chi connectivity index (χ0v) is 27.5. The highest BCUT2D eigenvalue weighted by Gasteiger charge is 2.21. The van der Waals surface area contributed by atoms with Gasteiger partial charge in [-0.05, 0) is 97.0 Å². The molecule has 0 saturated carbocycles. The highest BCUT2D eigenvalue weighted by atomic mass is 16.4. The fourth-order valence-electron chi connectivity index (χ4n) is 4.87. The molecule has 230 valence electrons. The van der Waals surface area contributed by atoms with Gasteiger partial charge in [-0.15, -0.1) is 0 Å². The SMILES string of the molecule is [C-]#[N+]/C(=C\c1ccc(N(c2ccc(N(CC(C)(C)C)C(=C)C)cc2)c2ccc(N(CC(C)(C)C)C(=C)C)cc2)cc1)C(=O)O. The number of carboxylic acids is 1. The third-order valence-corrected chi connectivity index (χ3v) is 6.82. The smallest absolute Gasteiger partial charge is 0.333 e. The Kier molecular flexibility index (Phi) is 10.5. The van der Waals surface area contributed by atoms with Gasteiger partial charge in [0.1, 0.15) is 0 Å². The minimum atomic E-state index is -1.24. The normalized spacial score (nSPS) is 11.8. The summed E-state index contributed by atoms with van der Waals surface area (Å²) in [5.74, 6) is -1.24. The number of carbonyl (C=O) groups is 1. The van der Waals surface area contributed by atoms with Crippen molar-refractivity contribution in [1.29, 1.82) is 0 Å². The Balaban J connectivity index is 2.09. The maximum Gasteiger partial charge on any atom is 0.333 e. The van der Waals surface area contributed by atoms with Crippen LogP contribution in [0.4, 0.5) is 28.4 Å². The lowest BCUT2D eigenvalue weighted by Crippen LogP contribution is -2.31. The topological polar surface area (TPSA) is 51.4 Å². The van der Waals surface area contributed by atoms with Crippen LogP contribution in [0.1, 0.15) is 61.0 Å². The van der Waals surface area contributed by atoms with E-state index in [0.29, 0.717) is 5.56 Å². The summed E-state index contributed by atoms with van der Waals surface area (Å²) < 4.78 is 0. The summed E-state index contributed by atoms with van der Waals surface area (Å²) in [5, 5.41) is 9.28. The number of allylic oxidation sites excluding steroid dienone is 2. The van der Waals surface area contributed by atoms with Gasteiger partial charge in [0.25, 0.3) is 5.70 Å². The van der Waals surface area contributed by atoms with Crippen molar-refractivity contribution in [2.45, 2.75) is 55.4 Å². The number of hydrogen-bond donors (Lipinski definition) is 1. The van der Waals surface area contributed by atoms with Crippen LogP contribution in [-0.4, -0.2) is 24.2 Å². The molecule has 0 spiro atoms. The number of rotatable bonds is 11. The number of nitrogens with zero attached hydrogens (tertiary/aromatic N) is 4. The molecule has 1 N–H and O–H groups in total. The molecule has 0 aliphatic rings. The minimum absolute atomic E-state index is 0.0972. The lowest BCUT2D eigenvalue weighted by molar-refractivity contribution is -0.132. The molecule has 0 aliphatic heterocycles. The molecule has 3 aromatic rings. The van der Waals surface area contributed by atoms with Crippen LogP contribution in [0.15, 0.2) is 103 Å². The van der Waals surface area contributed by atoms with Gasteiger partial charge in [0.15, 0.2) is 0 Å². The molecular weight excluding hydrogens is 544 g/mol. The second kappa shape index (κ2) is 13.7. The number of carboxylic acid groups (broad SMARTS) is 1. The standard InChI is InChI=1S/C38H46N4O2/c1-27(2)40(25-37(5,6)7)30-16-20-33(21-17-30)42(32-14-12-29(13-15-32)24-35(39-11)36(43)44)34-22-18-31(19-23-34)41(28(3)4)26-38(8,9)10/h12-24H,1,3,25-26H2,2,4-10H3,(H,43,44)/b35-24-. The third-order valence-electron chi connectivity index (χ3n) is 6.82. The first kappa shape index (κ1) is 33.7. The molecule has 44 heavy (non-hydrogen) atoms. The van der Waals surface area contributed by atoms with Gasteiger partial charge < -0.3 is 19.8 Å². The quantitative estimate of drug-likeness (QED) is 0.178. The first-order valence-electron chi connectivity index (χ1n) is 14.8. The fourth-order valence-corrected chi connectivity index (χ4v) is 4.87. The van der Waals surface area contributed by atoms with Crippen LogP contribution in [0, 0.1) is 17.4 Å². The van der Waals surface area contributed by atoms with Gasteiger partial charge in [-0.3, -0.25) is 4.79 Å². The van der Waals surface area contributed by atoms with E-state index in [1.54, 1.807) is 0 Å². The van der Waals surface area contributed by atoms with E-state index in [1.807, 2.05) is 38.1 Å². The van der Waals surface area contributed by atoms with Crippen molar-refractivity contribution < 1.29 is 9.90 Å². The Labute approximate surface area is 264 Å². The van der Waals surface area contributed by atoms with Crippen molar-refractivity contribution >= 4 is 40.5 Å². The summed E-state index contributed by atoms with van der Waals surface area (Å²) in [6, 6.07) is 24.5. The molecule has 0 fully saturated rings. The molecule has 0 atom stereocenters. The molecule has 0 heterocycles. The second-order valence-corrected chi connectivity index (χ2v) is 13.7. The third kappa shape index (κ3) is 9.12. The van der Waals surface area contributed by atoms with Crippen molar-refractivity contribution in [1.82, 2.24) is 0 Å². The van der Waals surface area contributed by atoms with E-state index in [4.69, 9.17) is 6.57 Å². The van der Waals surface area contributed by atoms with Crippen LogP contribution in [0.5, 0.6) is 0 Å². The van der Waals surface area contributed by atoms with Crippen LogP contribution in [0.3, 0.4) is 0 Å². The number of anilines is 5. The van der Waals surface area contributed by atoms with Gasteiger partial charge >= 0.3 is 5.97 Å². The average Bonchev–Trinajstić information content (AvgIpc) is 2.94. The zero-order chi connectivity index (χ0) is 32.8. The zero-order valence-electron chi connectivity index (χ0n) is 27.5. The molecule has 6 heteroatoms. The predicted molar refractivity (Wildman–Crippen MR) is 187 cm³/mol. The molecule has 0 bridgehead atoms. The molecule has 6 nitrogen and oxygen atoms in total. The van der Waals surface area contributed by atoms with Crippen LogP contribution in [-0.2, 0) is 4.79 Å². The molecule has 0 aromatic heterocycles. The van der Waals surface area contributed by atoms with E-state index in [9.17, 15) is 9.90 Å². The van der Waals surface area contributed by atoms with Gasteiger partial charge in [-0.1, -0.05) is 66.8 Å². The summed E-state index contributed by atoms with van der Waals surface area (Å²) in [7, 11) is 0. The van der Waals surface area contributed by atoms with E-state index >= 15 is 0 Å². The summed E-state index contributed by atoms with van der Waals surface area (Å²) in [6.45, 7) is 34.7. The van der Waals surface area contributed by atoms with E-state index in [2.05, 4.69) is 123 Å². The Morgan fingerprint density at radius 2 is 1.02 bits per heavy atom. The van der Waals surface area contributed by atoms with E-state index in [0.717, 1.165) is 52.9 Å². The minimum Gasteiger partial charge on any atom is -0.486 e. The summed E-state index contributed by atoms with van der Waals surface area (Å²) in [4.78, 5) is 21.1. The van der Waals surface area contributed by atoms with Crippen LogP contribution < -0.4 is 14.7 Å². The Morgan fingerprint density at radius 3 is 1.30 bits per heavy atom. The van der Waals surface area contributed by atoms with Crippen molar-refractivity contribution in [3.63, 3.8) is 0 Å². The second-order valence-electron chi connectivity index (χ2n) is 13.7. The van der Waals surface area contributed by atoms with Gasteiger partial charge in [0, 0.05) is 52.9 Å². The largest absolute Gasteiger partial charge is 0.486 e. The average molecular weight is 591 g/mol. The number of hydrogen-bond acceptors (Lipinski definition) is 4. The summed E-state index contributed by atoms with van der Waals surface area (Å²) >= 11 is 0. The molecular formula is C38H46N4O2. The first-order valence-corrected chi connectivity index (χ1v) is 14.8. The summed E-state index contributed by atoms with van der Waals surface area (Å²) in [6.07, 6.45) is 1.38. The van der Waals surface area contributed by atoms with E-state index in [-0.39, 0.29) is 16.5 Å². The maximum absolute atomic E-state index is 11.4. The van der Waals surface area contributed by atoms with Gasteiger partial charge in [0.05, 0.1) is 6.57 Å². The lowest BCUT2D eigenvalue weighted by atomic mass is 9.95.